The fourth-order valence-corrected chi connectivity index (χ4v) is 2.13. The first-order chi connectivity index (χ1) is 9.04. The van der Waals surface area contributed by atoms with E-state index < -0.39 is 11.1 Å². The van der Waals surface area contributed by atoms with E-state index in [1.807, 2.05) is 18.2 Å². The third-order valence-corrected chi connectivity index (χ3v) is 3.97. The molecule has 0 bridgehead atoms. The minimum absolute atomic E-state index is 0. The fraction of sp³-hybridized carbons (Fsp3) is 0. The first kappa shape index (κ1) is 20.2. The monoisotopic (exact) mass is 428 g/mol. The van der Waals surface area contributed by atoms with Crippen LogP contribution in [0.2, 0.25) is 0 Å². The van der Waals surface area contributed by atoms with Crippen LogP contribution in [0.5, 0.6) is 0 Å². The number of hydrogen-bond acceptors (Lipinski definition) is 2. The smallest absolute Gasteiger partial charge is 1.00 e. The molecule has 0 aliphatic heterocycles. The Morgan fingerprint density at radius 2 is 1.60 bits per heavy atom. The third-order valence-electron chi connectivity index (χ3n) is 2.05. The van der Waals surface area contributed by atoms with Crippen molar-refractivity contribution in [2.45, 2.75) is 4.90 Å². The molecule has 20 heavy (non-hydrogen) atoms. The molecule has 102 valence electrons. The molecule has 2 rings (SSSR count). The van der Waals surface area contributed by atoms with Gasteiger partial charge < -0.3 is 5.98 Å². The number of carbonyl (C=O) groups is 1. The Morgan fingerprint density at radius 1 is 1.05 bits per heavy atom. The number of benzene rings is 2. The van der Waals surface area contributed by atoms with Gasteiger partial charge in [0.15, 0.2) is 17.4 Å². The van der Waals surface area contributed by atoms with Crippen molar-refractivity contribution in [2.24, 2.45) is 0 Å². The second kappa shape index (κ2) is 10.8. The van der Waals surface area contributed by atoms with Gasteiger partial charge in [0.25, 0.3) is 0 Å². The van der Waals surface area contributed by atoms with Crippen LogP contribution in [-0.2, 0) is 11.1 Å². The molecular weight excluding hydrogens is 419 g/mol. The molecule has 0 amide bonds. The molecule has 0 aliphatic rings. The number of halogens is 2. The van der Waals surface area contributed by atoms with Crippen molar-refractivity contribution >= 4 is 49.2 Å². The standard InChI is InChI=1S/C7H5BrO.C6H5BrO2S.Na.H/c8-7-4-2-1-3-6(7)5-9;7-5-1-3-6(4-2-5)10(8)9;;/h1-5H;1-4H,(H,8,9);;/q;;+1;-1. The summed E-state index contributed by atoms with van der Waals surface area (Å²) >= 11 is 4.58. The van der Waals surface area contributed by atoms with Crippen molar-refractivity contribution in [1.82, 2.24) is 0 Å². The SMILES string of the molecule is O=Cc1ccccc1Br.O=S(O)c1ccc(Br)cc1.[H-].[Na+]. The molecular formula is C13H11Br2NaO3S. The van der Waals surface area contributed by atoms with Gasteiger partial charge in [-0.05, 0) is 30.3 Å². The summed E-state index contributed by atoms with van der Waals surface area (Å²) in [6.07, 6.45) is 0.823. The van der Waals surface area contributed by atoms with Gasteiger partial charge >= 0.3 is 29.6 Å². The largest absolute Gasteiger partial charge is 1.00 e. The molecule has 0 aromatic heterocycles. The van der Waals surface area contributed by atoms with E-state index in [-0.39, 0.29) is 31.0 Å². The van der Waals surface area contributed by atoms with Gasteiger partial charge in [-0.1, -0.05) is 50.1 Å². The van der Waals surface area contributed by atoms with Gasteiger partial charge in [0.05, 0.1) is 4.90 Å². The molecule has 0 saturated heterocycles. The molecule has 3 nitrogen and oxygen atoms in total. The maximum atomic E-state index is 10.4. The molecule has 0 heterocycles. The Balaban J connectivity index is 0. The Labute approximate surface area is 160 Å². The normalized spacial score (nSPS) is 10.6. The zero-order valence-electron chi connectivity index (χ0n) is 11.6. The summed E-state index contributed by atoms with van der Waals surface area (Å²) in [6.45, 7) is 0. The number of aldehydes is 1. The summed E-state index contributed by atoms with van der Waals surface area (Å²) in [5.74, 6) is 0. The van der Waals surface area contributed by atoms with E-state index in [1.165, 1.54) is 0 Å². The number of hydrogen-bond donors (Lipinski definition) is 1. The molecule has 0 fully saturated rings. The van der Waals surface area contributed by atoms with Crippen molar-refractivity contribution in [3.05, 3.63) is 63.0 Å². The van der Waals surface area contributed by atoms with E-state index in [0.717, 1.165) is 15.2 Å². The maximum Gasteiger partial charge on any atom is 1.00 e. The molecule has 0 saturated carbocycles. The van der Waals surface area contributed by atoms with Crippen LogP contribution in [0.1, 0.15) is 11.8 Å². The van der Waals surface area contributed by atoms with Crippen molar-refractivity contribution in [2.75, 3.05) is 0 Å². The summed E-state index contributed by atoms with van der Waals surface area (Å²) in [4.78, 5) is 10.6. The molecule has 2 aromatic carbocycles. The zero-order chi connectivity index (χ0) is 14.3. The average molecular weight is 430 g/mol. The van der Waals surface area contributed by atoms with E-state index >= 15 is 0 Å². The van der Waals surface area contributed by atoms with Crippen LogP contribution in [0, 0.1) is 0 Å². The van der Waals surface area contributed by atoms with Gasteiger partial charge in [-0.15, -0.1) is 0 Å². The molecule has 2 aromatic rings. The summed E-state index contributed by atoms with van der Waals surface area (Å²) in [7, 11) is 0. The summed E-state index contributed by atoms with van der Waals surface area (Å²) in [6, 6.07) is 13.9. The van der Waals surface area contributed by atoms with E-state index in [9.17, 15) is 9.00 Å². The first-order valence-electron chi connectivity index (χ1n) is 5.10. The molecule has 0 radical (unpaired) electrons. The van der Waals surface area contributed by atoms with Crippen LogP contribution < -0.4 is 29.6 Å². The number of carbonyl (C=O) groups excluding carboxylic acids is 1. The summed E-state index contributed by atoms with van der Waals surface area (Å²) in [5, 5.41) is 0. The van der Waals surface area contributed by atoms with Crippen molar-refractivity contribution < 1.29 is 44.5 Å². The second-order valence-corrected chi connectivity index (χ2v) is 6.08. The van der Waals surface area contributed by atoms with E-state index in [1.54, 1.807) is 30.3 Å². The van der Waals surface area contributed by atoms with Gasteiger partial charge in [0.2, 0.25) is 0 Å². The third kappa shape index (κ3) is 7.26. The zero-order valence-corrected chi connectivity index (χ0v) is 16.6. The van der Waals surface area contributed by atoms with Crippen molar-refractivity contribution in [3.8, 4) is 0 Å². The predicted molar refractivity (Wildman–Crippen MR) is 83.8 cm³/mol. The Morgan fingerprint density at radius 3 is 2.00 bits per heavy atom. The van der Waals surface area contributed by atoms with E-state index in [0.29, 0.717) is 10.5 Å². The average Bonchev–Trinajstić information content (AvgIpc) is 2.40. The maximum absolute atomic E-state index is 10.4. The van der Waals surface area contributed by atoms with Crippen LogP contribution in [0.25, 0.3) is 0 Å². The van der Waals surface area contributed by atoms with Gasteiger partial charge in [-0.3, -0.25) is 4.79 Å². The summed E-state index contributed by atoms with van der Waals surface area (Å²) < 4.78 is 20.7. The quantitative estimate of drug-likeness (QED) is 0.446. The molecule has 7 heteroatoms. The van der Waals surface area contributed by atoms with E-state index in [2.05, 4.69) is 31.9 Å². The van der Waals surface area contributed by atoms with Gasteiger partial charge in [0.1, 0.15) is 0 Å². The Bertz CT molecular complexity index is 582. The molecule has 0 spiro atoms. The molecule has 1 N–H and O–H groups in total. The molecule has 0 aliphatic carbocycles. The summed E-state index contributed by atoms with van der Waals surface area (Å²) in [5.41, 5.74) is 0.692. The Hall–Kier alpha value is 0.180. The predicted octanol–water partition coefficient (Wildman–Crippen LogP) is 1.41. The van der Waals surface area contributed by atoms with Crippen LogP contribution in [-0.4, -0.2) is 15.0 Å². The minimum Gasteiger partial charge on any atom is -1.00 e. The van der Waals surface area contributed by atoms with Gasteiger partial charge in [-0.2, -0.15) is 0 Å². The second-order valence-electron chi connectivity index (χ2n) is 3.34. The van der Waals surface area contributed by atoms with Gasteiger partial charge in [-0.25, -0.2) is 4.21 Å². The molecule has 1 atom stereocenters. The van der Waals surface area contributed by atoms with Crippen LogP contribution in [0.3, 0.4) is 0 Å². The van der Waals surface area contributed by atoms with Gasteiger partial charge in [0, 0.05) is 14.5 Å². The molecule has 1 unspecified atom stereocenters. The van der Waals surface area contributed by atoms with Crippen LogP contribution >= 0.6 is 31.9 Å². The topological polar surface area (TPSA) is 54.4 Å². The Kier molecular flexibility index (Phi) is 10.9. The minimum atomic E-state index is -1.86. The number of rotatable bonds is 2. The van der Waals surface area contributed by atoms with Crippen LogP contribution in [0.4, 0.5) is 0 Å². The van der Waals surface area contributed by atoms with Crippen molar-refractivity contribution in [1.29, 1.82) is 0 Å². The fourth-order valence-electron chi connectivity index (χ4n) is 1.12. The van der Waals surface area contributed by atoms with Crippen molar-refractivity contribution in [3.63, 3.8) is 0 Å². The van der Waals surface area contributed by atoms with E-state index in [4.69, 9.17) is 4.55 Å². The van der Waals surface area contributed by atoms with Crippen LogP contribution in [0.15, 0.2) is 62.4 Å². The first-order valence-corrected chi connectivity index (χ1v) is 7.80.